The zero-order valence-electron chi connectivity index (χ0n) is 17.6. The lowest BCUT2D eigenvalue weighted by Gasteiger charge is -2.25. The molecule has 0 aliphatic carbocycles. The summed E-state index contributed by atoms with van der Waals surface area (Å²) in [6.45, 7) is 7.83. The van der Waals surface area contributed by atoms with Crippen LogP contribution < -0.4 is 4.74 Å². The highest BCUT2D eigenvalue weighted by molar-refractivity contribution is 5.71. The second kappa shape index (κ2) is 8.74. The van der Waals surface area contributed by atoms with Crippen molar-refractivity contribution in [3.8, 4) is 17.2 Å². The summed E-state index contributed by atoms with van der Waals surface area (Å²) in [5.74, 6) is -1.18. The van der Waals surface area contributed by atoms with Crippen molar-refractivity contribution in [1.82, 2.24) is 0 Å². The normalized spacial score (nSPS) is 12.5. The topological polar surface area (TPSA) is 49.7 Å². The van der Waals surface area contributed by atoms with E-state index in [1.54, 1.807) is 6.08 Å². The molecule has 2 N–H and O–H groups in total. The van der Waals surface area contributed by atoms with Gasteiger partial charge in [0.25, 0.3) is 0 Å². The van der Waals surface area contributed by atoms with Crippen molar-refractivity contribution in [2.24, 2.45) is 0 Å². The lowest BCUT2D eigenvalue weighted by molar-refractivity contribution is 0.413. The minimum atomic E-state index is -0.963. The van der Waals surface area contributed by atoms with E-state index < -0.39 is 11.6 Å². The quantitative estimate of drug-likeness (QED) is 0.561. The first-order valence-electron chi connectivity index (χ1n) is 9.87. The van der Waals surface area contributed by atoms with E-state index in [0.29, 0.717) is 53.0 Å². The van der Waals surface area contributed by atoms with Crippen LogP contribution in [0.5, 0.6) is 17.2 Å². The third-order valence-corrected chi connectivity index (χ3v) is 5.03. The van der Waals surface area contributed by atoms with Crippen molar-refractivity contribution in [2.75, 3.05) is 0 Å². The Labute approximate surface area is 175 Å². The van der Waals surface area contributed by atoms with Crippen LogP contribution in [-0.4, -0.2) is 10.2 Å². The van der Waals surface area contributed by atoms with E-state index in [2.05, 4.69) is 0 Å². The van der Waals surface area contributed by atoms with Gasteiger partial charge in [-0.25, -0.2) is 8.78 Å². The number of halogens is 2. The van der Waals surface area contributed by atoms with E-state index in [9.17, 15) is 19.0 Å². The zero-order valence-corrected chi connectivity index (χ0v) is 17.6. The summed E-state index contributed by atoms with van der Waals surface area (Å²) < 4.78 is 33.0. The second-order valence-corrected chi connectivity index (χ2v) is 7.94. The molecule has 1 aliphatic rings. The SMILES string of the molecule is CC(C)=CCc1c(O)c(CC=C(C)C)c2c(c1O)CC=C(c1ccc(F)c(F)c1)O2. The van der Waals surface area contributed by atoms with Crippen LogP contribution >= 0.6 is 0 Å². The molecule has 0 spiro atoms. The molecule has 0 bridgehead atoms. The van der Waals surface area contributed by atoms with Crippen LogP contribution in [0.4, 0.5) is 8.78 Å². The number of rotatable bonds is 5. The average molecular weight is 412 g/mol. The summed E-state index contributed by atoms with van der Waals surface area (Å²) in [5, 5.41) is 21.8. The van der Waals surface area contributed by atoms with Gasteiger partial charge in [0.2, 0.25) is 0 Å². The zero-order chi connectivity index (χ0) is 22.0. The Hall–Kier alpha value is -3.08. The minimum Gasteiger partial charge on any atom is -0.507 e. The van der Waals surface area contributed by atoms with Crippen molar-refractivity contribution < 1.29 is 23.7 Å². The molecule has 0 atom stereocenters. The summed E-state index contributed by atoms with van der Waals surface area (Å²) >= 11 is 0. The van der Waals surface area contributed by atoms with Crippen LogP contribution in [0.2, 0.25) is 0 Å². The third-order valence-electron chi connectivity index (χ3n) is 5.03. The lowest BCUT2D eigenvalue weighted by Crippen LogP contribution is -2.09. The van der Waals surface area contributed by atoms with Crippen molar-refractivity contribution in [1.29, 1.82) is 0 Å². The number of allylic oxidation sites excluding steroid dienone is 5. The molecule has 0 aromatic heterocycles. The van der Waals surface area contributed by atoms with E-state index in [0.717, 1.165) is 23.3 Å². The highest BCUT2D eigenvalue weighted by atomic mass is 19.2. The maximum Gasteiger partial charge on any atom is 0.159 e. The fourth-order valence-electron chi connectivity index (χ4n) is 3.35. The summed E-state index contributed by atoms with van der Waals surface area (Å²) in [4.78, 5) is 0. The molecule has 3 rings (SSSR count). The maximum atomic E-state index is 13.7. The van der Waals surface area contributed by atoms with Gasteiger partial charge in [-0.3, -0.25) is 0 Å². The Morgan fingerprint density at radius 1 is 0.933 bits per heavy atom. The standard InChI is InChI=1S/C25H26F2O3/c1-14(2)5-8-17-23(28)18(9-6-15(3)4)25-19(24(17)29)10-12-22(30-25)16-7-11-20(26)21(27)13-16/h5-7,11-13,28-29H,8-10H2,1-4H3. The smallest absolute Gasteiger partial charge is 0.159 e. The van der Waals surface area contributed by atoms with E-state index in [-0.39, 0.29) is 11.5 Å². The fraction of sp³-hybridized carbons (Fsp3) is 0.280. The molecular weight excluding hydrogens is 386 g/mol. The first-order valence-corrected chi connectivity index (χ1v) is 9.87. The number of fused-ring (bicyclic) bond motifs is 1. The highest BCUT2D eigenvalue weighted by Crippen LogP contribution is 2.47. The molecule has 1 heterocycles. The Morgan fingerprint density at radius 3 is 2.17 bits per heavy atom. The van der Waals surface area contributed by atoms with Crippen LogP contribution in [0.3, 0.4) is 0 Å². The van der Waals surface area contributed by atoms with Crippen LogP contribution in [0.15, 0.2) is 47.6 Å². The molecule has 5 heteroatoms. The molecule has 0 saturated carbocycles. The predicted molar refractivity (Wildman–Crippen MR) is 115 cm³/mol. The molecule has 158 valence electrons. The van der Waals surface area contributed by atoms with Crippen molar-refractivity contribution >= 4 is 5.76 Å². The molecule has 1 aliphatic heterocycles. The molecule has 2 aromatic rings. The predicted octanol–water partition coefficient (Wildman–Crippen LogP) is 6.37. The maximum absolute atomic E-state index is 13.7. The van der Waals surface area contributed by atoms with Crippen LogP contribution in [-0.2, 0) is 19.3 Å². The Balaban J connectivity index is 2.11. The highest BCUT2D eigenvalue weighted by Gasteiger charge is 2.27. The van der Waals surface area contributed by atoms with Gasteiger partial charge in [-0.05, 0) is 64.8 Å². The number of phenolic OH excluding ortho intramolecular Hbond substituents is 2. The number of benzene rings is 2. The van der Waals surface area contributed by atoms with Crippen molar-refractivity contribution in [2.45, 2.75) is 47.0 Å². The van der Waals surface area contributed by atoms with Gasteiger partial charge in [-0.1, -0.05) is 23.3 Å². The van der Waals surface area contributed by atoms with Gasteiger partial charge in [0.1, 0.15) is 23.0 Å². The van der Waals surface area contributed by atoms with Crippen molar-refractivity contribution in [3.05, 3.63) is 81.5 Å². The first kappa shape index (κ1) is 21.6. The number of phenols is 2. The first-order chi connectivity index (χ1) is 14.2. The van der Waals surface area contributed by atoms with Gasteiger partial charge >= 0.3 is 0 Å². The van der Waals surface area contributed by atoms with Crippen LogP contribution in [0.1, 0.15) is 49.9 Å². The number of aromatic hydroxyl groups is 2. The van der Waals surface area contributed by atoms with Crippen LogP contribution in [0, 0.1) is 11.6 Å². The molecule has 0 unspecified atom stereocenters. The largest absolute Gasteiger partial charge is 0.507 e. The minimum absolute atomic E-state index is 0.00142. The Kier molecular flexibility index (Phi) is 6.30. The van der Waals surface area contributed by atoms with Gasteiger partial charge in [0.05, 0.1) is 0 Å². The van der Waals surface area contributed by atoms with Gasteiger partial charge < -0.3 is 14.9 Å². The number of ether oxygens (including phenoxy) is 1. The molecule has 3 nitrogen and oxygen atoms in total. The Bertz CT molecular complexity index is 1070. The second-order valence-electron chi connectivity index (χ2n) is 7.94. The third kappa shape index (κ3) is 4.40. The summed E-state index contributed by atoms with van der Waals surface area (Å²) in [6.07, 6.45) is 6.80. The molecule has 0 amide bonds. The van der Waals surface area contributed by atoms with Crippen molar-refractivity contribution in [3.63, 3.8) is 0 Å². The number of hydrogen-bond donors (Lipinski definition) is 2. The van der Waals surface area contributed by atoms with Crippen LogP contribution in [0.25, 0.3) is 5.76 Å². The summed E-state index contributed by atoms with van der Waals surface area (Å²) in [6, 6.07) is 3.56. The van der Waals surface area contributed by atoms with Gasteiger partial charge in [-0.2, -0.15) is 0 Å². The van der Waals surface area contributed by atoms with Gasteiger partial charge in [0.15, 0.2) is 11.6 Å². The van der Waals surface area contributed by atoms with E-state index in [4.69, 9.17) is 4.74 Å². The fourth-order valence-corrected chi connectivity index (χ4v) is 3.35. The number of hydrogen-bond acceptors (Lipinski definition) is 3. The van der Waals surface area contributed by atoms with E-state index in [1.165, 1.54) is 6.07 Å². The van der Waals surface area contributed by atoms with E-state index in [1.807, 2.05) is 39.8 Å². The monoisotopic (exact) mass is 412 g/mol. The van der Waals surface area contributed by atoms with E-state index >= 15 is 0 Å². The molecule has 30 heavy (non-hydrogen) atoms. The molecule has 0 saturated heterocycles. The molecule has 0 radical (unpaired) electrons. The lowest BCUT2D eigenvalue weighted by atomic mass is 9.92. The average Bonchev–Trinajstić information content (AvgIpc) is 2.69. The molecule has 2 aromatic carbocycles. The molecule has 0 fully saturated rings. The summed E-state index contributed by atoms with van der Waals surface area (Å²) in [5.41, 5.74) is 4.15. The van der Waals surface area contributed by atoms with Gasteiger partial charge in [0, 0.05) is 28.7 Å². The molecular formula is C25H26F2O3. The Morgan fingerprint density at radius 2 is 1.57 bits per heavy atom. The van der Waals surface area contributed by atoms with Gasteiger partial charge in [-0.15, -0.1) is 0 Å². The summed E-state index contributed by atoms with van der Waals surface area (Å²) in [7, 11) is 0.